The van der Waals surface area contributed by atoms with Crippen LogP contribution in [0.1, 0.15) is 37.8 Å². The Hall–Kier alpha value is -3.38. The minimum Gasteiger partial charge on any atom is -0.287 e. The Morgan fingerprint density at radius 2 is 1.70 bits per heavy atom. The van der Waals surface area contributed by atoms with E-state index in [9.17, 15) is 4.79 Å². The first-order chi connectivity index (χ1) is 16.1. The van der Waals surface area contributed by atoms with E-state index in [4.69, 9.17) is 5.10 Å². The van der Waals surface area contributed by atoms with Crippen molar-refractivity contribution in [3.05, 3.63) is 96.1 Å². The van der Waals surface area contributed by atoms with Gasteiger partial charge in [-0.25, -0.2) is 5.01 Å². The fraction of sp³-hybridized carbons (Fsp3) is 0.222. The van der Waals surface area contributed by atoms with Gasteiger partial charge in [-0.1, -0.05) is 72.3 Å². The first-order valence-corrected chi connectivity index (χ1v) is 12.1. The molecule has 1 N–H and O–H groups in total. The lowest BCUT2D eigenvalue weighted by atomic mass is 10.0. The summed E-state index contributed by atoms with van der Waals surface area (Å²) in [7, 11) is 0. The standard InChI is InChI=1S/C27H26N4OS/c1-3-21-14-16-22(17-15-21)25-18-19-27(31(28-25)24-12-8-5-9-13-24)29-30(26(33-27)20(2)32)23-10-6-4-7-11-23/h4-17H,3,18-19H2,1-2H3/p+1. The van der Waals surface area contributed by atoms with Gasteiger partial charge in [-0.2, -0.15) is 10.5 Å². The molecule has 5 nitrogen and oxygen atoms in total. The van der Waals surface area contributed by atoms with Crippen LogP contribution in [0, 0.1) is 0 Å². The summed E-state index contributed by atoms with van der Waals surface area (Å²) in [5.41, 5.74) is 9.08. The highest BCUT2D eigenvalue weighted by molar-refractivity contribution is 8.16. The Morgan fingerprint density at radius 3 is 2.33 bits per heavy atom. The number of nitrogens with one attached hydrogen (secondary N) is 1. The number of hydrogen-bond donors (Lipinski definition) is 1. The molecule has 3 aromatic carbocycles. The van der Waals surface area contributed by atoms with Crippen LogP contribution in [0.4, 0.5) is 11.4 Å². The molecule has 0 saturated carbocycles. The van der Waals surface area contributed by atoms with Gasteiger partial charge in [0.05, 0.1) is 11.4 Å². The van der Waals surface area contributed by atoms with Crippen molar-refractivity contribution < 1.29 is 9.48 Å². The van der Waals surface area contributed by atoms with Gasteiger partial charge in [0.2, 0.25) is 16.5 Å². The van der Waals surface area contributed by atoms with Crippen molar-refractivity contribution in [2.24, 2.45) is 5.10 Å². The average Bonchev–Trinajstić information content (AvgIpc) is 3.26. The molecule has 6 heteroatoms. The number of nitrogens with zero attached hydrogens (tertiary/aromatic N) is 3. The Labute approximate surface area is 198 Å². The summed E-state index contributed by atoms with van der Waals surface area (Å²) in [5, 5.41) is 7.88. The monoisotopic (exact) mass is 455 g/mol. The van der Waals surface area contributed by atoms with Crippen molar-refractivity contribution >= 4 is 39.7 Å². The molecule has 166 valence electrons. The molecule has 2 aliphatic rings. The Bertz CT molecular complexity index is 1220. The van der Waals surface area contributed by atoms with Gasteiger partial charge in [0.25, 0.3) is 0 Å². The van der Waals surface area contributed by atoms with Crippen LogP contribution in [0.15, 0.2) is 90.0 Å². The molecule has 2 aliphatic heterocycles. The highest BCUT2D eigenvalue weighted by atomic mass is 32.2. The number of aryl methyl sites for hydroxylation is 1. The largest absolute Gasteiger partial charge is 0.316 e. The van der Waals surface area contributed by atoms with Crippen LogP contribution < -0.4 is 10.4 Å². The molecule has 5 rings (SSSR count). The summed E-state index contributed by atoms with van der Waals surface area (Å²) in [6.45, 7) is 3.79. The second-order valence-electron chi connectivity index (χ2n) is 8.28. The Balaban J connectivity index is 1.57. The number of hydrazone groups is 2. The first kappa shape index (κ1) is 21.5. The molecular weight excluding hydrogens is 428 g/mol. The molecular formula is C27H27N4OS+. The second-order valence-corrected chi connectivity index (χ2v) is 9.54. The van der Waals surface area contributed by atoms with E-state index >= 15 is 0 Å². The highest BCUT2D eigenvalue weighted by Gasteiger charge is 2.54. The third-order valence-electron chi connectivity index (χ3n) is 6.03. The molecule has 1 unspecified atom stereocenters. The zero-order valence-electron chi connectivity index (χ0n) is 18.9. The zero-order chi connectivity index (χ0) is 22.8. The number of carbonyl (C=O) groups excluding carboxylic acids is 1. The highest BCUT2D eigenvalue weighted by Crippen LogP contribution is 2.44. The Kier molecular flexibility index (Phi) is 5.77. The van der Waals surface area contributed by atoms with E-state index in [2.05, 4.69) is 53.8 Å². The Morgan fingerprint density at radius 1 is 1.03 bits per heavy atom. The normalized spacial score (nSPS) is 20.1. The van der Waals surface area contributed by atoms with Crippen LogP contribution in [0.3, 0.4) is 0 Å². The number of Topliss-reactive ketones (excluding diaryl/α,β-unsaturated/α-hetero) is 1. The van der Waals surface area contributed by atoms with Crippen molar-refractivity contribution in [1.82, 2.24) is 5.43 Å². The summed E-state index contributed by atoms with van der Waals surface area (Å²) in [5.74, 6) is 0.0335. The zero-order valence-corrected chi connectivity index (χ0v) is 19.7. The summed E-state index contributed by atoms with van der Waals surface area (Å²) >= 11 is 1.55. The van der Waals surface area contributed by atoms with Gasteiger partial charge in [0.1, 0.15) is 0 Å². The van der Waals surface area contributed by atoms with Gasteiger partial charge in [0, 0.05) is 37.2 Å². The molecule has 0 amide bonds. The van der Waals surface area contributed by atoms with Crippen LogP contribution in [0.2, 0.25) is 0 Å². The third-order valence-corrected chi connectivity index (χ3v) is 7.50. The molecule has 2 heterocycles. The molecule has 0 aromatic heterocycles. The topological polar surface area (TPSA) is 47.7 Å². The van der Waals surface area contributed by atoms with Gasteiger partial charge >= 0.3 is 5.04 Å². The summed E-state index contributed by atoms with van der Waals surface area (Å²) < 4.78 is 1.92. The van der Waals surface area contributed by atoms with E-state index in [1.165, 1.54) is 5.56 Å². The van der Waals surface area contributed by atoms with Gasteiger partial charge in [0.15, 0.2) is 0 Å². The van der Waals surface area contributed by atoms with E-state index in [0.717, 1.165) is 41.9 Å². The van der Waals surface area contributed by atoms with E-state index in [-0.39, 0.29) is 5.78 Å². The van der Waals surface area contributed by atoms with Crippen molar-refractivity contribution in [3.8, 4) is 0 Å². The fourth-order valence-corrected chi connectivity index (χ4v) is 5.53. The number of carbonyl (C=O) groups is 1. The van der Waals surface area contributed by atoms with Crippen LogP contribution in [-0.4, -0.2) is 26.2 Å². The van der Waals surface area contributed by atoms with Crippen molar-refractivity contribution in [3.63, 3.8) is 0 Å². The number of ketones is 1. The molecule has 0 radical (unpaired) electrons. The maximum absolute atomic E-state index is 12.7. The second kappa shape index (κ2) is 8.87. The SMILES string of the molecule is CCc1ccc(C2=NN(c3ccccc3)C3(CC2)N[N+](c2ccccc2)=C(C(C)=O)S3)cc1. The number of rotatable bonds is 5. The first-order valence-electron chi connectivity index (χ1n) is 11.3. The van der Waals surface area contributed by atoms with Crippen LogP contribution in [0.25, 0.3) is 0 Å². The van der Waals surface area contributed by atoms with E-state index in [1.807, 2.05) is 53.2 Å². The number of anilines is 1. The lowest BCUT2D eigenvalue weighted by Gasteiger charge is -2.39. The van der Waals surface area contributed by atoms with Crippen LogP contribution in [-0.2, 0) is 11.2 Å². The number of hydrogen-bond acceptors (Lipinski definition) is 5. The predicted octanol–water partition coefficient (Wildman–Crippen LogP) is 5.49. The summed E-state index contributed by atoms with van der Waals surface area (Å²) in [6.07, 6.45) is 2.62. The number of benzene rings is 3. The van der Waals surface area contributed by atoms with Crippen molar-refractivity contribution in [2.45, 2.75) is 38.1 Å². The molecule has 3 aromatic rings. The average molecular weight is 456 g/mol. The van der Waals surface area contributed by atoms with Crippen molar-refractivity contribution in [2.75, 3.05) is 5.01 Å². The fourth-order valence-electron chi connectivity index (χ4n) is 4.26. The quantitative estimate of drug-likeness (QED) is 0.517. The molecule has 33 heavy (non-hydrogen) atoms. The molecule has 0 saturated heterocycles. The third kappa shape index (κ3) is 4.07. The predicted molar refractivity (Wildman–Crippen MR) is 136 cm³/mol. The smallest absolute Gasteiger partial charge is 0.287 e. The minimum atomic E-state index is -0.592. The molecule has 1 atom stereocenters. The lowest BCUT2D eigenvalue weighted by molar-refractivity contribution is -0.509. The van der Waals surface area contributed by atoms with E-state index < -0.39 is 4.99 Å². The molecule has 1 spiro atoms. The van der Waals surface area contributed by atoms with Gasteiger partial charge in [-0.05, 0) is 36.1 Å². The molecule has 0 bridgehead atoms. The van der Waals surface area contributed by atoms with Crippen molar-refractivity contribution in [1.29, 1.82) is 0 Å². The maximum Gasteiger partial charge on any atom is 0.316 e. The molecule has 0 aliphatic carbocycles. The summed E-state index contributed by atoms with van der Waals surface area (Å²) in [4.78, 5) is 12.1. The lowest BCUT2D eigenvalue weighted by Crippen LogP contribution is -2.56. The number of hydrazine groups is 1. The minimum absolute atomic E-state index is 0.0335. The van der Waals surface area contributed by atoms with Gasteiger partial charge < -0.3 is 0 Å². The van der Waals surface area contributed by atoms with Crippen LogP contribution >= 0.6 is 11.8 Å². The van der Waals surface area contributed by atoms with E-state index in [1.54, 1.807) is 18.7 Å². The van der Waals surface area contributed by atoms with Crippen LogP contribution in [0.5, 0.6) is 0 Å². The molecule has 0 fully saturated rings. The van der Waals surface area contributed by atoms with Gasteiger partial charge in [-0.3, -0.25) is 4.79 Å². The maximum atomic E-state index is 12.7. The van der Waals surface area contributed by atoms with Gasteiger partial charge in [-0.15, -0.1) is 0 Å². The summed E-state index contributed by atoms with van der Waals surface area (Å²) in [6, 6.07) is 28.8. The number of thioether (sulfide) groups is 1. The van der Waals surface area contributed by atoms with E-state index in [0.29, 0.717) is 5.04 Å². The number of para-hydroxylation sites is 2.